The summed E-state index contributed by atoms with van der Waals surface area (Å²) < 4.78 is 16.0. The third kappa shape index (κ3) is 8.63. The van der Waals surface area contributed by atoms with Gasteiger partial charge >= 0.3 is 12.1 Å². The molecule has 3 rings (SSSR count). The summed E-state index contributed by atoms with van der Waals surface area (Å²) in [4.78, 5) is 38.5. The Morgan fingerprint density at radius 2 is 1.60 bits per heavy atom. The van der Waals surface area contributed by atoms with Crippen LogP contribution in [0, 0.1) is 5.92 Å². The number of amides is 2. The van der Waals surface area contributed by atoms with E-state index in [1.807, 2.05) is 42.5 Å². The van der Waals surface area contributed by atoms with Gasteiger partial charge < -0.3 is 24.8 Å². The molecular formula is C27H34N2O6. The Labute approximate surface area is 206 Å². The largest absolute Gasteiger partial charge is 0.497 e. The molecule has 0 aliphatic heterocycles. The molecule has 0 radical (unpaired) electrons. The Morgan fingerprint density at radius 3 is 2.17 bits per heavy atom. The molecule has 1 saturated carbocycles. The van der Waals surface area contributed by atoms with Crippen molar-refractivity contribution in [1.82, 2.24) is 10.6 Å². The molecule has 188 valence electrons. The second-order valence-electron chi connectivity index (χ2n) is 9.67. The lowest BCUT2D eigenvalue weighted by atomic mass is 10.0. The fraction of sp³-hybridized carbons (Fsp3) is 0.444. The Morgan fingerprint density at radius 1 is 0.943 bits per heavy atom. The van der Waals surface area contributed by atoms with Crippen LogP contribution in [0.5, 0.6) is 5.75 Å². The van der Waals surface area contributed by atoms with Gasteiger partial charge in [-0.2, -0.15) is 0 Å². The predicted octanol–water partition coefficient (Wildman–Crippen LogP) is 3.77. The van der Waals surface area contributed by atoms with Gasteiger partial charge in [0.25, 0.3) is 0 Å². The van der Waals surface area contributed by atoms with Gasteiger partial charge in [0.05, 0.1) is 7.11 Å². The van der Waals surface area contributed by atoms with E-state index < -0.39 is 35.7 Å². The average Bonchev–Trinajstić information content (AvgIpc) is 3.66. The van der Waals surface area contributed by atoms with Gasteiger partial charge in [-0.1, -0.05) is 42.5 Å². The fourth-order valence-electron chi connectivity index (χ4n) is 3.54. The lowest BCUT2D eigenvalue weighted by molar-refractivity contribution is -0.149. The fourth-order valence-corrected chi connectivity index (χ4v) is 3.54. The van der Waals surface area contributed by atoms with Crippen LogP contribution in [0.1, 0.15) is 44.7 Å². The number of ether oxygens (including phenoxy) is 3. The molecule has 0 bridgehead atoms. The van der Waals surface area contributed by atoms with E-state index in [2.05, 4.69) is 10.6 Å². The lowest BCUT2D eigenvalue weighted by Gasteiger charge is -2.25. The number of alkyl carbamates (subject to hydrolysis) is 1. The van der Waals surface area contributed by atoms with Crippen molar-refractivity contribution in [2.45, 2.75) is 64.3 Å². The first-order valence-electron chi connectivity index (χ1n) is 11.8. The third-order valence-corrected chi connectivity index (χ3v) is 5.47. The van der Waals surface area contributed by atoms with Crippen molar-refractivity contribution in [2.75, 3.05) is 7.11 Å². The number of carbonyl (C=O) groups excluding carboxylic acids is 3. The normalized spacial score (nSPS) is 14.9. The van der Waals surface area contributed by atoms with E-state index in [1.165, 1.54) is 0 Å². The number of rotatable bonds is 10. The van der Waals surface area contributed by atoms with E-state index in [0.29, 0.717) is 5.75 Å². The smallest absolute Gasteiger partial charge is 0.408 e. The summed E-state index contributed by atoms with van der Waals surface area (Å²) in [5, 5.41) is 5.48. The van der Waals surface area contributed by atoms with Gasteiger partial charge in [0.15, 0.2) is 0 Å². The van der Waals surface area contributed by atoms with E-state index in [0.717, 1.165) is 24.0 Å². The molecule has 2 N–H and O–H groups in total. The molecule has 2 atom stereocenters. The quantitative estimate of drug-likeness (QED) is 0.500. The number of hydrogen-bond donors (Lipinski definition) is 2. The van der Waals surface area contributed by atoms with E-state index in [4.69, 9.17) is 14.2 Å². The first-order valence-corrected chi connectivity index (χ1v) is 11.8. The molecule has 8 heteroatoms. The van der Waals surface area contributed by atoms with Crippen LogP contribution in [0.15, 0.2) is 54.6 Å². The maximum atomic E-state index is 13.2. The molecule has 2 aromatic carbocycles. The average molecular weight is 483 g/mol. The highest BCUT2D eigenvalue weighted by molar-refractivity contribution is 5.90. The van der Waals surface area contributed by atoms with E-state index in [9.17, 15) is 14.4 Å². The molecule has 0 heterocycles. The first-order chi connectivity index (χ1) is 16.6. The SMILES string of the molecule is COc1ccc(CC(NC(=O)C(NC(=O)OC(C)(C)C)C2CC2)C(=O)OCc2ccccc2)cc1. The minimum Gasteiger partial charge on any atom is -0.497 e. The summed E-state index contributed by atoms with van der Waals surface area (Å²) in [7, 11) is 1.58. The summed E-state index contributed by atoms with van der Waals surface area (Å²) in [5.41, 5.74) is 0.987. The first kappa shape index (κ1) is 26.1. The second-order valence-corrected chi connectivity index (χ2v) is 9.67. The van der Waals surface area contributed by atoms with Crippen molar-refractivity contribution < 1.29 is 28.6 Å². The molecule has 35 heavy (non-hydrogen) atoms. The standard InChI is InChI=1S/C27H34N2O6/c1-27(2,3)35-26(32)29-23(20-12-13-20)24(30)28-22(16-18-10-14-21(33-4)15-11-18)25(31)34-17-19-8-6-5-7-9-19/h5-11,14-15,20,22-23H,12-13,16-17H2,1-4H3,(H,28,30)(H,29,32). The van der Waals surface area contributed by atoms with Gasteiger partial charge in [-0.15, -0.1) is 0 Å². The molecule has 2 aromatic rings. The van der Waals surface area contributed by atoms with Crippen LogP contribution in [-0.4, -0.2) is 42.8 Å². The molecule has 8 nitrogen and oxygen atoms in total. The summed E-state index contributed by atoms with van der Waals surface area (Å²) >= 11 is 0. The van der Waals surface area contributed by atoms with Crippen LogP contribution in [-0.2, 0) is 32.1 Å². The minimum absolute atomic E-state index is 0.00416. The van der Waals surface area contributed by atoms with E-state index in [-0.39, 0.29) is 18.9 Å². The van der Waals surface area contributed by atoms with Gasteiger partial charge in [-0.25, -0.2) is 9.59 Å². The van der Waals surface area contributed by atoms with Gasteiger partial charge in [0.1, 0.15) is 30.0 Å². The Bertz CT molecular complexity index is 997. The zero-order valence-electron chi connectivity index (χ0n) is 20.7. The number of methoxy groups -OCH3 is 1. The Hall–Kier alpha value is -3.55. The predicted molar refractivity (Wildman–Crippen MR) is 131 cm³/mol. The van der Waals surface area contributed by atoms with Crippen molar-refractivity contribution in [3.8, 4) is 5.75 Å². The number of carbonyl (C=O) groups is 3. The molecule has 0 spiro atoms. The topological polar surface area (TPSA) is 103 Å². The summed E-state index contributed by atoms with van der Waals surface area (Å²) in [6.45, 7) is 5.36. The van der Waals surface area contributed by atoms with Gasteiger partial charge in [-0.3, -0.25) is 4.79 Å². The second kappa shape index (κ2) is 11.7. The molecule has 2 unspecified atom stereocenters. The zero-order valence-corrected chi connectivity index (χ0v) is 20.7. The highest BCUT2D eigenvalue weighted by Crippen LogP contribution is 2.33. The molecule has 2 amide bonds. The maximum Gasteiger partial charge on any atom is 0.408 e. The van der Waals surface area contributed by atoms with Crippen molar-refractivity contribution in [1.29, 1.82) is 0 Å². The molecule has 1 aliphatic carbocycles. The number of hydrogen-bond acceptors (Lipinski definition) is 6. The maximum absolute atomic E-state index is 13.2. The van der Waals surface area contributed by atoms with Gasteiger partial charge in [-0.05, 0) is 62.8 Å². The van der Waals surface area contributed by atoms with Crippen LogP contribution in [0.2, 0.25) is 0 Å². The Balaban J connectivity index is 1.71. The van der Waals surface area contributed by atoms with E-state index >= 15 is 0 Å². The van der Waals surface area contributed by atoms with Crippen LogP contribution in [0.25, 0.3) is 0 Å². The third-order valence-electron chi connectivity index (χ3n) is 5.47. The summed E-state index contributed by atoms with van der Waals surface area (Å²) in [5.74, 6) is -0.292. The minimum atomic E-state index is -0.929. The molecule has 1 fully saturated rings. The van der Waals surface area contributed by atoms with Crippen LogP contribution in [0.3, 0.4) is 0 Å². The van der Waals surface area contributed by atoms with Gasteiger partial charge in [0.2, 0.25) is 5.91 Å². The number of nitrogens with one attached hydrogen (secondary N) is 2. The van der Waals surface area contributed by atoms with Crippen LogP contribution in [0.4, 0.5) is 4.79 Å². The van der Waals surface area contributed by atoms with Crippen LogP contribution >= 0.6 is 0 Å². The molecule has 0 aromatic heterocycles. The van der Waals surface area contributed by atoms with Crippen molar-refractivity contribution >= 4 is 18.0 Å². The highest BCUT2D eigenvalue weighted by atomic mass is 16.6. The monoisotopic (exact) mass is 482 g/mol. The highest BCUT2D eigenvalue weighted by Gasteiger charge is 2.39. The summed E-state index contributed by atoms with van der Waals surface area (Å²) in [6, 6.07) is 14.9. The Kier molecular flexibility index (Phi) is 8.73. The zero-order chi connectivity index (χ0) is 25.4. The molecule has 1 aliphatic rings. The molecule has 0 saturated heterocycles. The van der Waals surface area contributed by atoms with E-state index in [1.54, 1.807) is 40.0 Å². The van der Waals surface area contributed by atoms with Crippen molar-refractivity contribution in [3.63, 3.8) is 0 Å². The lowest BCUT2D eigenvalue weighted by Crippen LogP contribution is -2.54. The molecular weight excluding hydrogens is 448 g/mol. The van der Waals surface area contributed by atoms with Crippen molar-refractivity contribution in [2.24, 2.45) is 5.92 Å². The summed E-state index contributed by atoms with van der Waals surface area (Å²) in [6.07, 6.45) is 1.20. The van der Waals surface area contributed by atoms with Gasteiger partial charge in [0, 0.05) is 6.42 Å². The van der Waals surface area contributed by atoms with Crippen LogP contribution < -0.4 is 15.4 Å². The van der Waals surface area contributed by atoms with Crippen molar-refractivity contribution in [3.05, 3.63) is 65.7 Å². The number of benzene rings is 2. The number of esters is 1.